The number of hydrogen-bond donors (Lipinski definition) is 3. The van der Waals surface area contributed by atoms with E-state index in [2.05, 4.69) is 10.3 Å². The van der Waals surface area contributed by atoms with Crippen LogP contribution in [0.3, 0.4) is 0 Å². The third kappa shape index (κ3) is 4.15. The number of carboxylic acids is 1. The molecule has 25 heavy (non-hydrogen) atoms. The monoisotopic (exact) mass is 340 g/mol. The highest BCUT2D eigenvalue weighted by molar-refractivity contribution is 6.04. The number of carboxylic acid groups (broad SMARTS) is 1. The van der Waals surface area contributed by atoms with E-state index in [9.17, 15) is 14.4 Å². The number of H-pyrrole nitrogens is 1. The van der Waals surface area contributed by atoms with Gasteiger partial charge in [-0.25, -0.2) is 0 Å². The van der Waals surface area contributed by atoms with Gasteiger partial charge < -0.3 is 15.4 Å². The van der Waals surface area contributed by atoms with Gasteiger partial charge in [-0.2, -0.15) is 0 Å². The molecule has 0 radical (unpaired) electrons. The maximum atomic E-state index is 12.4. The molecule has 1 aromatic carbocycles. The second-order valence-corrected chi connectivity index (χ2v) is 6.27. The molecule has 6 nitrogen and oxygen atoms in total. The second kappa shape index (κ2) is 7.34. The SMILES string of the molecule is O=C(O)CCc1ccc(NC(=O)c2cc3c([nH]c2=O)CCCC3)cc1. The van der Waals surface area contributed by atoms with E-state index in [1.54, 1.807) is 30.3 Å². The van der Waals surface area contributed by atoms with Crippen molar-refractivity contribution in [1.82, 2.24) is 4.98 Å². The van der Waals surface area contributed by atoms with E-state index in [-0.39, 0.29) is 17.5 Å². The summed E-state index contributed by atoms with van der Waals surface area (Å²) >= 11 is 0. The van der Waals surface area contributed by atoms with Crippen LogP contribution in [0.5, 0.6) is 0 Å². The van der Waals surface area contributed by atoms with Crippen LogP contribution < -0.4 is 10.9 Å². The number of amides is 1. The summed E-state index contributed by atoms with van der Waals surface area (Å²) in [5.74, 6) is -1.28. The van der Waals surface area contributed by atoms with Crippen molar-refractivity contribution in [2.45, 2.75) is 38.5 Å². The van der Waals surface area contributed by atoms with Gasteiger partial charge in [0, 0.05) is 17.8 Å². The van der Waals surface area contributed by atoms with E-state index in [1.807, 2.05) is 0 Å². The molecule has 0 unspecified atom stereocenters. The zero-order chi connectivity index (χ0) is 17.8. The van der Waals surface area contributed by atoms with Crippen LogP contribution in [0, 0.1) is 0 Å². The summed E-state index contributed by atoms with van der Waals surface area (Å²) in [5, 5.41) is 11.4. The number of fused-ring (bicyclic) bond motifs is 1. The number of nitrogens with one attached hydrogen (secondary N) is 2. The molecule has 0 saturated carbocycles. The predicted molar refractivity (Wildman–Crippen MR) is 94.1 cm³/mol. The predicted octanol–water partition coefficient (Wildman–Crippen LogP) is 2.52. The molecule has 3 rings (SSSR count). The van der Waals surface area contributed by atoms with Crippen LogP contribution in [0.15, 0.2) is 35.1 Å². The Morgan fingerprint density at radius 3 is 2.56 bits per heavy atom. The van der Waals surface area contributed by atoms with Gasteiger partial charge in [0.05, 0.1) is 0 Å². The number of aryl methyl sites for hydroxylation is 3. The molecular formula is C19H20N2O4. The summed E-state index contributed by atoms with van der Waals surface area (Å²) in [6.07, 6.45) is 4.36. The minimum absolute atomic E-state index is 0.0657. The molecule has 6 heteroatoms. The van der Waals surface area contributed by atoms with Crippen LogP contribution in [0.1, 0.15) is 46.4 Å². The number of anilines is 1. The molecule has 3 N–H and O–H groups in total. The number of hydrogen-bond acceptors (Lipinski definition) is 3. The van der Waals surface area contributed by atoms with E-state index in [4.69, 9.17) is 5.11 Å². The summed E-state index contributed by atoms with van der Waals surface area (Å²) in [4.78, 5) is 38.0. The van der Waals surface area contributed by atoms with E-state index in [0.29, 0.717) is 12.1 Å². The average Bonchev–Trinajstić information content (AvgIpc) is 2.60. The Labute approximate surface area is 144 Å². The topological polar surface area (TPSA) is 99.3 Å². The Morgan fingerprint density at radius 1 is 1.12 bits per heavy atom. The van der Waals surface area contributed by atoms with Gasteiger partial charge in [-0.1, -0.05) is 12.1 Å². The second-order valence-electron chi connectivity index (χ2n) is 6.27. The van der Waals surface area contributed by atoms with E-state index >= 15 is 0 Å². The fraction of sp³-hybridized carbons (Fsp3) is 0.316. The Morgan fingerprint density at radius 2 is 1.84 bits per heavy atom. The Hall–Kier alpha value is -2.89. The van der Waals surface area contributed by atoms with Crippen molar-refractivity contribution in [2.24, 2.45) is 0 Å². The molecule has 0 fully saturated rings. The minimum atomic E-state index is -0.844. The fourth-order valence-electron chi connectivity index (χ4n) is 3.05. The lowest BCUT2D eigenvalue weighted by Crippen LogP contribution is -2.26. The fourth-order valence-corrected chi connectivity index (χ4v) is 3.05. The molecule has 2 aromatic rings. The van der Waals surface area contributed by atoms with Gasteiger partial charge in [-0.3, -0.25) is 14.4 Å². The summed E-state index contributed by atoms with van der Waals surface area (Å²) in [5.41, 5.74) is 3.19. The molecule has 130 valence electrons. The van der Waals surface area contributed by atoms with Gasteiger partial charge in [-0.15, -0.1) is 0 Å². The lowest BCUT2D eigenvalue weighted by Gasteiger charge is -2.16. The summed E-state index contributed by atoms with van der Waals surface area (Å²) < 4.78 is 0. The molecular weight excluding hydrogens is 320 g/mol. The normalized spacial score (nSPS) is 13.1. The average molecular weight is 340 g/mol. The zero-order valence-electron chi connectivity index (χ0n) is 13.8. The molecule has 0 bridgehead atoms. The number of aromatic nitrogens is 1. The van der Waals surface area contributed by atoms with Crippen molar-refractivity contribution in [3.05, 3.63) is 63.1 Å². The van der Waals surface area contributed by atoms with Crippen molar-refractivity contribution in [2.75, 3.05) is 5.32 Å². The molecule has 0 aliphatic heterocycles. The number of pyridine rings is 1. The van der Waals surface area contributed by atoms with Crippen molar-refractivity contribution >= 4 is 17.6 Å². The quantitative estimate of drug-likeness (QED) is 0.779. The maximum absolute atomic E-state index is 12.4. The highest BCUT2D eigenvalue weighted by atomic mass is 16.4. The molecule has 1 amide bonds. The molecule has 1 aliphatic carbocycles. The van der Waals surface area contributed by atoms with E-state index in [0.717, 1.165) is 42.5 Å². The van der Waals surface area contributed by atoms with E-state index < -0.39 is 11.9 Å². The first-order chi connectivity index (χ1) is 12.0. The van der Waals surface area contributed by atoms with Crippen LogP contribution >= 0.6 is 0 Å². The summed E-state index contributed by atoms with van der Waals surface area (Å²) in [6.45, 7) is 0. The lowest BCUT2D eigenvalue weighted by molar-refractivity contribution is -0.136. The molecule has 1 aromatic heterocycles. The molecule has 0 spiro atoms. The van der Waals surface area contributed by atoms with Crippen molar-refractivity contribution < 1.29 is 14.7 Å². The lowest BCUT2D eigenvalue weighted by atomic mass is 9.95. The standard InChI is InChI=1S/C19H20N2O4/c22-17(23)10-7-12-5-8-14(9-6-12)20-18(24)15-11-13-3-1-2-4-16(13)21-19(15)25/h5-6,8-9,11H,1-4,7,10H2,(H,20,24)(H,21,25)(H,22,23). The van der Waals surface area contributed by atoms with Crippen molar-refractivity contribution in [1.29, 1.82) is 0 Å². The first-order valence-electron chi connectivity index (χ1n) is 8.40. The molecule has 1 heterocycles. The van der Waals surface area contributed by atoms with Gasteiger partial charge in [-0.05, 0) is 61.4 Å². The van der Waals surface area contributed by atoms with Gasteiger partial charge in [0.25, 0.3) is 11.5 Å². The van der Waals surface area contributed by atoms with Crippen molar-refractivity contribution in [3.63, 3.8) is 0 Å². The maximum Gasteiger partial charge on any atom is 0.303 e. The van der Waals surface area contributed by atoms with Gasteiger partial charge in [0.2, 0.25) is 0 Å². The summed E-state index contributed by atoms with van der Waals surface area (Å²) in [6, 6.07) is 8.67. The minimum Gasteiger partial charge on any atom is -0.481 e. The number of aromatic amines is 1. The summed E-state index contributed by atoms with van der Waals surface area (Å²) in [7, 11) is 0. The first-order valence-corrected chi connectivity index (χ1v) is 8.40. The van der Waals surface area contributed by atoms with Crippen LogP contribution in [0.25, 0.3) is 0 Å². The van der Waals surface area contributed by atoms with Crippen LogP contribution in [0.4, 0.5) is 5.69 Å². The number of rotatable bonds is 5. The highest BCUT2D eigenvalue weighted by Gasteiger charge is 2.17. The molecule has 1 aliphatic rings. The third-order valence-corrected chi connectivity index (χ3v) is 4.42. The van der Waals surface area contributed by atoms with Gasteiger partial charge in [0.15, 0.2) is 0 Å². The third-order valence-electron chi connectivity index (χ3n) is 4.42. The van der Waals surface area contributed by atoms with Crippen LogP contribution in [-0.4, -0.2) is 22.0 Å². The molecule has 0 saturated heterocycles. The number of benzene rings is 1. The van der Waals surface area contributed by atoms with E-state index in [1.165, 1.54) is 0 Å². The smallest absolute Gasteiger partial charge is 0.303 e. The zero-order valence-corrected chi connectivity index (χ0v) is 13.8. The largest absolute Gasteiger partial charge is 0.481 e. The number of aliphatic carboxylic acids is 1. The highest BCUT2D eigenvalue weighted by Crippen LogP contribution is 2.19. The van der Waals surface area contributed by atoms with Crippen LogP contribution in [-0.2, 0) is 24.1 Å². The Bertz CT molecular complexity index is 853. The Kier molecular flexibility index (Phi) is 4.97. The van der Waals surface area contributed by atoms with Gasteiger partial charge >= 0.3 is 5.97 Å². The van der Waals surface area contributed by atoms with Crippen LogP contribution in [0.2, 0.25) is 0 Å². The number of carbonyl (C=O) groups excluding carboxylic acids is 1. The van der Waals surface area contributed by atoms with Gasteiger partial charge in [0.1, 0.15) is 5.56 Å². The van der Waals surface area contributed by atoms with Crippen molar-refractivity contribution in [3.8, 4) is 0 Å². The first kappa shape index (κ1) is 17.0. The molecule has 0 atom stereocenters. The number of carbonyl (C=O) groups is 2. The Balaban J connectivity index is 1.72.